The van der Waals surface area contributed by atoms with Gasteiger partial charge in [0.1, 0.15) is 0 Å². The van der Waals surface area contributed by atoms with E-state index in [4.69, 9.17) is 0 Å². The molecule has 0 saturated carbocycles. The van der Waals surface area contributed by atoms with Gasteiger partial charge >= 0.3 is 0 Å². The first-order valence-electron chi connectivity index (χ1n) is 8.27. The second kappa shape index (κ2) is 7.38. The quantitative estimate of drug-likeness (QED) is 0.752. The molecule has 0 unspecified atom stereocenters. The fourth-order valence-electron chi connectivity index (χ4n) is 3.23. The van der Waals surface area contributed by atoms with Gasteiger partial charge in [-0.05, 0) is 61.4 Å². The molecule has 3 rings (SSSR count). The minimum absolute atomic E-state index is 0.393. The van der Waals surface area contributed by atoms with Crippen LogP contribution in [-0.2, 0) is 16.4 Å². The Hall–Kier alpha value is -1.17. The first-order chi connectivity index (χ1) is 11.5. The topological polar surface area (TPSA) is 37.4 Å². The van der Waals surface area contributed by atoms with Crippen molar-refractivity contribution >= 4 is 26.0 Å². The van der Waals surface area contributed by atoms with E-state index in [1.165, 1.54) is 5.56 Å². The Labute approximate surface area is 152 Å². The van der Waals surface area contributed by atoms with Gasteiger partial charge in [0.05, 0.1) is 4.90 Å². The minimum Gasteiger partial charge on any atom is -0.207 e. The third kappa shape index (κ3) is 3.90. The summed E-state index contributed by atoms with van der Waals surface area (Å²) in [7, 11) is -3.39. The predicted octanol–water partition coefficient (Wildman–Crippen LogP) is 4.40. The van der Waals surface area contributed by atoms with Crippen LogP contribution in [0.15, 0.2) is 57.9 Å². The van der Waals surface area contributed by atoms with E-state index in [0.29, 0.717) is 23.9 Å². The van der Waals surface area contributed by atoms with Crippen molar-refractivity contribution in [2.24, 2.45) is 5.92 Å². The first-order valence-corrected chi connectivity index (χ1v) is 10.5. The van der Waals surface area contributed by atoms with Crippen LogP contribution < -0.4 is 0 Å². The maximum absolute atomic E-state index is 12.8. The lowest BCUT2D eigenvalue weighted by Crippen LogP contribution is -2.38. The van der Waals surface area contributed by atoms with Gasteiger partial charge in [0.15, 0.2) is 0 Å². The molecular formula is C19H22BrNO2S. The van der Waals surface area contributed by atoms with Crippen molar-refractivity contribution in [2.45, 2.75) is 31.1 Å². The summed E-state index contributed by atoms with van der Waals surface area (Å²) in [4.78, 5) is 0.393. The van der Waals surface area contributed by atoms with Crippen molar-refractivity contribution in [3.05, 3.63) is 64.1 Å². The van der Waals surface area contributed by atoms with Crippen molar-refractivity contribution in [1.82, 2.24) is 4.31 Å². The largest absolute Gasteiger partial charge is 0.243 e. The molecule has 1 fully saturated rings. The average Bonchev–Trinajstić information content (AvgIpc) is 2.58. The molecule has 0 aliphatic carbocycles. The summed E-state index contributed by atoms with van der Waals surface area (Å²) in [6, 6.07) is 15.7. The van der Waals surface area contributed by atoms with Crippen LogP contribution in [-0.4, -0.2) is 25.8 Å². The van der Waals surface area contributed by atoms with Gasteiger partial charge in [-0.3, -0.25) is 0 Å². The molecule has 1 saturated heterocycles. The number of hydrogen-bond donors (Lipinski definition) is 0. The van der Waals surface area contributed by atoms with Crippen LogP contribution in [0.1, 0.15) is 24.0 Å². The van der Waals surface area contributed by atoms with Gasteiger partial charge < -0.3 is 0 Å². The van der Waals surface area contributed by atoms with Gasteiger partial charge in [-0.15, -0.1) is 0 Å². The van der Waals surface area contributed by atoms with E-state index in [1.807, 2.05) is 19.1 Å². The molecule has 24 heavy (non-hydrogen) atoms. The third-order valence-corrected chi connectivity index (χ3v) is 7.49. The second-order valence-corrected chi connectivity index (χ2v) is 9.24. The standard InChI is InChI=1S/C19H22BrNO2S/c1-15-13-18(7-8-19(15)20)24(22,23)21-11-9-17(10-12-21)14-16-5-3-2-4-6-16/h2-8,13,17H,9-12,14H2,1H3. The van der Waals surface area contributed by atoms with E-state index in [9.17, 15) is 8.42 Å². The Morgan fingerprint density at radius 1 is 1.08 bits per heavy atom. The van der Waals surface area contributed by atoms with Crippen LogP contribution >= 0.6 is 15.9 Å². The number of nitrogens with zero attached hydrogens (tertiary/aromatic N) is 1. The molecule has 0 spiro atoms. The fraction of sp³-hybridized carbons (Fsp3) is 0.368. The number of rotatable bonds is 4. The van der Waals surface area contributed by atoms with Crippen LogP contribution in [0.2, 0.25) is 0 Å². The molecule has 5 heteroatoms. The summed E-state index contributed by atoms with van der Waals surface area (Å²) in [5.74, 6) is 0.561. The highest BCUT2D eigenvalue weighted by Gasteiger charge is 2.29. The number of aryl methyl sites for hydroxylation is 1. The maximum atomic E-state index is 12.8. The molecule has 1 heterocycles. The molecule has 0 aromatic heterocycles. The molecule has 2 aromatic carbocycles. The van der Waals surface area contributed by atoms with Crippen molar-refractivity contribution in [3.63, 3.8) is 0 Å². The molecule has 1 aliphatic heterocycles. The zero-order valence-corrected chi connectivity index (χ0v) is 16.2. The summed E-state index contributed by atoms with van der Waals surface area (Å²) in [5.41, 5.74) is 2.28. The molecule has 0 bridgehead atoms. The van der Waals surface area contributed by atoms with Crippen molar-refractivity contribution in [3.8, 4) is 0 Å². The maximum Gasteiger partial charge on any atom is 0.243 e. The highest BCUT2D eigenvalue weighted by molar-refractivity contribution is 9.10. The van der Waals surface area contributed by atoms with Crippen molar-refractivity contribution < 1.29 is 8.42 Å². The Morgan fingerprint density at radius 3 is 2.38 bits per heavy atom. The zero-order chi connectivity index (χ0) is 17.2. The molecule has 0 radical (unpaired) electrons. The molecule has 1 aliphatic rings. The summed E-state index contributed by atoms with van der Waals surface area (Å²) in [6.07, 6.45) is 2.87. The number of sulfonamides is 1. The van der Waals surface area contributed by atoms with Gasteiger partial charge in [-0.2, -0.15) is 4.31 Å². The minimum atomic E-state index is -3.39. The number of hydrogen-bond acceptors (Lipinski definition) is 2. The van der Waals surface area contributed by atoms with Gasteiger partial charge in [0.2, 0.25) is 10.0 Å². The molecule has 2 aromatic rings. The third-order valence-electron chi connectivity index (χ3n) is 4.71. The van der Waals surface area contributed by atoms with Crippen molar-refractivity contribution in [2.75, 3.05) is 13.1 Å². The highest BCUT2D eigenvalue weighted by Crippen LogP contribution is 2.27. The molecule has 0 amide bonds. The van der Waals surface area contributed by atoms with E-state index < -0.39 is 10.0 Å². The summed E-state index contributed by atoms with van der Waals surface area (Å²) < 4.78 is 28.2. The van der Waals surface area contributed by atoms with E-state index in [0.717, 1.165) is 29.3 Å². The zero-order valence-electron chi connectivity index (χ0n) is 13.8. The van der Waals surface area contributed by atoms with Gasteiger partial charge in [0, 0.05) is 17.6 Å². The van der Waals surface area contributed by atoms with E-state index in [-0.39, 0.29) is 0 Å². The highest BCUT2D eigenvalue weighted by atomic mass is 79.9. The van der Waals surface area contributed by atoms with Gasteiger partial charge in [-0.25, -0.2) is 8.42 Å². The van der Waals surface area contributed by atoms with E-state index >= 15 is 0 Å². The van der Waals surface area contributed by atoms with Gasteiger partial charge in [-0.1, -0.05) is 46.3 Å². The van der Waals surface area contributed by atoms with Crippen LogP contribution in [0.3, 0.4) is 0 Å². The monoisotopic (exact) mass is 407 g/mol. The molecule has 0 N–H and O–H groups in total. The summed E-state index contributed by atoms with van der Waals surface area (Å²) >= 11 is 3.42. The molecular weight excluding hydrogens is 386 g/mol. The molecule has 128 valence electrons. The smallest absolute Gasteiger partial charge is 0.207 e. The Kier molecular flexibility index (Phi) is 5.42. The Morgan fingerprint density at radius 2 is 1.75 bits per heavy atom. The lowest BCUT2D eigenvalue weighted by Gasteiger charge is -2.31. The van der Waals surface area contributed by atoms with Crippen LogP contribution in [0.5, 0.6) is 0 Å². The predicted molar refractivity (Wildman–Crippen MR) is 101 cm³/mol. The second-order valence-electron chi connectivity index (χ2n) is 6.45. The normalized spacial score (nSPS) is 17.1. The average molecular weight is 408 g/mol. The van der Waals surface area contributed by atoms with Gasteiger partial charge in [0.25, 0.3) is 0 Å². The summed E-state index contributed by atoms with van der Waals surface area (Å²) in [5, 5.41) is 0. The van der Waals surface area contributed by atoms with E-state index in [1.54, 1.807) is 16.4 Å². The number of benzene rings is 2. The first kappa shape index (κ1) is 17.6. The molecule has 0 atom stereocenters. The van der Waals surface area contributed by atoms with Crippen LogP contribution in [0.4, 0.5) is 0 Å². The SMILES string of the molecule is Cc1cc(S(=O)(=O)N2CCC(Cc3ccccc3)CC2)ccc1Br. The fourth-order valence-corrected chi connectivity index (χ4v) is 5.03. The summed E-state index contributed by atoms with van der Waals surface area (Å²) in [6.45, 7) is 3.12. The van der Waals surface area contributed by atoms with Crippen LogP contribution in [0.25, 0.3) is 0 Å². The lowest BCUT2D eigenvalue weighted by molar-refractivity contribution is 0.273. The Balaban J connectivity index is 1.66. The van der Waals surface area contributed by atoms with Crippen LogP contribution in [0, 0.1) is 12.8 Å². The Bertz CT molecular complexity index is 797. The number of halogens is 1. The molecule has 3 nitrogen and oxygen atoms in total. The number of piperidine rings is 1. The van der Waals surface area contributed by atoms with E-state index in [2.05, 4.69) is 40.2 Å². The van der Waals surface area contributed by atoms with Crippen molar-refractivity contribution in [1.29, 1.82) is 0 Å². The lowest BCUT2D eigenvalue weighted by atomic mass is 9.91.